The molecule has 1 rings (SSSR count). The smallest absolute Gasteiger partial charge is 0.192 e. The lowest BCUT2D eigenvalue weighted by Crippen LogP contribution is -2.44. The summed E-state index contributed by atoms with van der Waals surface area (Å²) in [7, 11) is -1.84. The summed E-state index contributed by atoms with van der Waals surface area (Å²) >= 11 is 0. The first-order chi connectivity index (χ1) is 14.7. The first-order valence-electron chi connectivity index (χ1n) is 12.0. The van der Waals surface area contributed by atoms with Crippen LogP contribution in [0.4, 0.5) is 0 Å². The van der Waals surface area contributed by atoms with E-state index in [1.165, 1.54) is 18.4 Å². The highest BCUT2D eigenvalue weighted by Gasteiger charge is 2.38. The van der Waals surface area contributed by atoms with Gasteiger partial charge in [-0.2, -0.15) is 0 Å². The summed E-state index contributed by atoms with van der Waals surface area (Å²) < 4.78 is 12.6. The Balaban J connectivity index is 2.55. The van der Waals surface area contributed by atoms with Gasteiger partial charge in [0.1, 0.15) is 0 Å². The summed E-state index contributed by atoms with van der Waals surface area (Å²) in [5, 5.41) is 10.2. The van der Waals surface area contributed by atoms with Crippen molar-refractivity contribution in [1.29, 1.82) is 0 Å². The lowest BCUT2D eigenvalue weighted by molar-refractivity contribution is 0.0783. The van der Waals surface area contributed by atoms with Crippen LogP contribution in [0.1, 0.15) is 71.8 Å². The second-order valence-electron chi connectivity index (χ2n) is 9.94. The van der Waals surface area contributed by atoms with Crippen molar-refractivity contribution >= 4 is 8.32 Å². The monoisotopic (exact) mass is 446 g/mol. The molecule has 1 aromatic carbocycles. The molecule has 2 atom stereocenters. The summed E-state index contributed by atoms with van der Waals surface area (Å²) in [6.07, 6.45) is 13.9. The molecule has 0 bridgehead atoms. The van der Waals surface area contributed by atoms with Gasteiger partial charge in [0.2, 0.25) is 0 Å². The molecule has 0 aliphatic rings. The van der Waals surface area contributed by atoms with Gasteiger partial charge in [-0.05, 0) is 43.0 Å². The highest BCUT2D eigenvalue weighted by atomic mass is 28.4. The Kier molecular flexibility index (Phi) is 13.3. The number of aliphatic hydroxyl groups is 1. The Morgan fingerprint density at radius 2 is 1.74 bits per heavy atom. The predicted molar refractivity (Wildman–Crippen MR) is 136 cm³/mol. The molecule has 0 aromatic heterocycles. The van der Waals surface area contributed by atoms with E-state index in [4.69, 9.17) is 9.16 Å². The van der Waals surface area contributed by atoms with Crippen LogP contribution in [-0.4, -0.2) is 32.2 Å². The van der Waals surface area contributed by atoms with Gasteiger partial charge in [0, 0.05) is 6.61 Å². The van der Waals surface area contributed by atoms with E-state index in [9.17, 15) is 5.11 Å². The second kappa shape index (κ2) is 14.8. The number of rotatable bonds is 15. The minimum Gasteiger partial charge on any atom is -0.414 e. The van der Waals surface area contributed by atoms with Crippen molar-refractivity contribution in [2.24, 2.45) is 0 Å². The van der Waals surface area contributed by atoms with E-state index in [0.717, 1.165) is 25.7 Å². The van der Waals surface area contributed by atoms with Gasteiger partial charge >= 0.3 is 0 Å². The molecular weight excluding hydrogens is 400 g/mol. The molecule has 4 heteroatoms. The van der Waals surface area contributed by atoms with E-state index >= 15 is 0 Å². The maximum atomic E-state index is 10.0. The minimum absolute atomic E-state index is 0.149. The fourth-order valence-electron chi connectivity index (χ4n) is 3.00. The number of allylic oxidation sites excluding steroid dienone is 2. The zero-order valence-electron chi connectivity index (χ0n) is 20.8. The Labute approximate surface area is 192 Å². The van der Waals surface area contributed by atoms with Gasteiger partial charge in [-0.1, -0.05) is 102 Å². The lowest BCUT2D eigenvalue weighted by Gasteiger charge is -2.39. The molecule has 0 saturated carbocycles. The van der Waals surface area contributed by atoms with Crippen LogP contribution in [0.2, 0.25) is 18.1 Å². The van der Waals surface area contributed by atoms with E-state index < -0.39 is 8.32 Å². The highest BCUT2D eigenvalue weighted by Crippen LogP contribution is 2.38. The van der Waals surface area contributed by atoms with Gasteiger partial charge in [0.15, 0.2) is 8.32 Å². The van der Waals surface area contributed by atoms with Crippen molar-refractivity contribution in [1.82, 2.24) is 0 Å². The molecule has 1 N–H and O–H groups in total. The normalized spacial score (nSPS) is 15.1. The zero-order chi connectivity index (χ0) is 23.2. The lowest BCUT2D eigenvalue weighted by atomic mass is 10.1. The van der Waals surface area contributed by atoms with E-state index in [2.05, 4.69) is 59.0 Å². The fraction of sp³-hybridized carbons (Fsp3) is 0.630. The van der Waals surface area contributed by atoms with E-state index in [-0.39, 0.29) is 17.2 Å². The van der Waals surface area contributed by atoms with Crippen LogP contribution in [0, 0.1) is 0 Å². The molecule has 0 radical (unpaired) electrons. The number of ether oxygens (including phenoxy) is 1. The molecule has 0 fully saturated rings. The summed E-state index contributed by atoms with van der Waals surface area (Å²) in [6, 6.07) is 10.3. The molecule has 31 heavy (non-hydrogen) atoms. The summed E-state index contributed by atoms with van der Waals surface area (Å²) in [5.74, 6) is 0. The van der Waals surface area contributed by atoms with Crippen LogP contribution >= 0.6 is 0 Å². The zero-order valence-corrected chi connectivity index (χ0v) is 21.8. The highest BCUT2D eigenvalue weighted by molar-refractivity contribution is 6.74. The largest absolute Gasteiger partial charge is 0.414 e. The number of hydrogen-bond donors (Lipinski definition) is 1. The minimum atomic E-state index is -1.84. The van der Waals surface area contributed by atoms with Crippen molar-refractivity contribution in [3.05, 3.63) is 60.2 Å². The molecule has 0 unspecified atom stereocenters. The van der Waals surface area contributed by atoms with E-state index in [1.807, 2.05) is 36.4 Å². The van der Waals surface area contributed by atoms with Crippen LogP contribution in [0.15, 0.2) is 54.6 Å². The van der Waals surface area contributed by atoms with Crippen LogP contribution < -0.4 is 0 Å². The van der Waals surface area contributed by atoms with Crippen molar-refractivity contribution in [2.75, 3.05) is 6.61 Å². The SMILES string of the molecule is CCCCC[C@@H](O)/C=C/C=C\C[C@H](CCOCc1ccccc1)O[Si](C)(C)C(C)(C)C. The molecule has 0 amide bonds. The molecule has 0 saturated heterocycles. The number of benzene rings is 1. The average molecular weight is 447 g/mol. The first kappa shape index (κ1) is 27.8. The number of hydrogen-bond acceptors (Lipinski definition) is 3. The molecule has 0 spiro atoms. The maximum absolute atomic E-state index is 10.0. The van der Waals surface area contributed by atoms with Gasteiger partial charge in [-0.25, -0.2) is 0 Å². The Bertz CT molecular complexity index is 632. The van der Waals surface area contributed by atoms with Crippen LogP contribution in [0.5, 0.6) is 0 Å². The molecule has 1 aromatic rings. The summed E-state index contributed by atoms with van der Waals surface area (Å²) in [6.45, 7) is 15.0. The van der Waals surface area contributed by atoms with Crippen LogP contribution in [0.25, 0.3) is 0 Å². The second-order valence-corrected chi connectivity index (χ2v) is 14.7. The molecule has 0 aliphatic heterocycles. The standard InChI is InChI=1S/C27H46O3Si/c1-7-8-11-18-25(28)19-14-10-15-20-26(30-31(5,6)27(2,3)4)21-22-29-23-24-16-12-9-13-17-24/h9-10,12-17,19,25-26,28H,7-8,11,18,20-23H2,1-6H3/b15-10-,19-14+/t25-,26-/m1/s1. The van der Waals surface area contributed by atoms with E-state index in [0.29, 0.717) is 13.2 Å². The van der Waals surface area contributed by atoms with Crippen LogP contribution in [0.3, 0.4) is 0 Å². The van der Waals surface area contributed by atoms with Crippen molar-refractivity contribution < 1.29 is 14.3 Å². The molecular formula is C27H46O3Si. The first-order valence-corrected chi connectivity index (χ1v) is 14.9. The molecule has 176 valence electrons. The van der Waals surface area contributed by atoms with Gasteiger partial charge in [-0.15, -0.1) is 0 Å². The Morgan fingerprint density at radius 1 is 1.03 bits per heavy atom. The quantitative estimate of drug-likeness (QED) is 0.173. The average Bonchev–Trinajstić information content (AvgIpc) is 2.70. The van der Waals surface area contributed by atoms with Gasteiger partial charge in [-0.3, -0.25) is 0 Å². The van der Waals surface area contributed by atoms with Crippen molar-refractivity contribution in [3.8, 4) is 0 Å². The third-order valence-corrected chi connectivity index (χ3v) is 10.6. The number of aliphatic hydroxyl groups excluding tert-OH is 1. The van der Waals surface area contributed by atoms with Crippen LogP contribution in [-0.2, 0) is 15.8 Å². The van der Waals surface area contributed by atoms with Crippen molar-refractivity contribution in [2.45, 2.75) is 103 Å². The molecule has 0 heterocycles. The number of unbranched alkanes of at least 4 members (excludes halogenated alkanes) is 2. The summed E-state index contributed by atoms with van der Waals surface area (Å²) in [4.78, 5) is 0. The topological polar surface area (TPSA) is 38.7 Å². The molecule has 3 nitrogen and oxygen atoms in total. The molecule has 0 aliphatic carbocycles. The van der Waals surface area contributed by atoms with Gasteiger partial charge in [0.05, 0.1) is 18.8 Å². The summed E-state index contributed by atoms with van der Waals surface area (Å²) in [5.41, 5.74) is 1.20. The van der Waals surface area contributed by atoms with E-state index in [1.54, 1.807) is 0 Å². The fourth-order valence-corrected chi connectivity index (χ4v) is 4.40. The van der Waals surface area contributed by atoms with Crippen molar-refractivity contribution in [3.63, 3.8) is 0 Å². The third kappa shape index (κ3) is 12.4. The Morgan fingerprint density at radius 3 is 2.39 bits per heavy atom. The van der Waals surface area contributed by atoms with Gasteiger partial charge in [0.25, 0.3) is 0 Å². The Hall–Kier alpha value is -1.20. The third-order valence-electron chi connectivity index (χ3n) is 6.05. The predicted octanol–water partition coefficient (Wildman–Crippen LogP) is 7.43. The van der Waals surface area contributed by atoms with Gasteiger partial charge < -0.3 is 14.3 Å². The maximum Gasteiger partial charge on any atom is 0.192 e.